The lowest BCUT2D eigenvalue weighted by Gasteiger charge is -2.37. The van der Waals surface area contributed by atoms with Crippen LogP contribution in [-0.2, 0) is 20.9 Å². The molecule has 0 saturated heterocycles. The lowest BCUT2D eigenvalue weighted by atomic mass is 9.69. The maximum atomic E-state index is 14.0. The van der Waals surface area contributed by atoms with Crippen molar-refractivity contribution < 1.29 is 23.8 Å². The van der Waals surface area contributed by atoms with Crippen LogP contribution < -0.4 is 9.47 Å². The maximum Gasteiger partial charge on any atom is 0.315 e. The van der Waals surface area contributed by atoms with Crippen LogP contribution >= 0.6 is 0 Å². The number of ether oxygens (including phenoxy) is 3. The van der Waals surface area contributed by atoms with Crippen molar-refractivity contribution in [2.24, 2.45) is 10.9 Å². The zero-order valence-electron chi connectivity index (χ0n) is 25.0. The molecule has 0 spiro atoms. The summed E-state index contributed by atoms with van der Waals surface area (Å²) >= 11 is 0. The Morgan fingerprint density at radius 1 is 0.860 bits per heavy atom. The molecule has 0 amide bonds. The van der Waals surface area contributed by atoms with E-state index >= 15 is 0 Å². The highest BCUT2D eigenvalue weighted by molar-refractivity contribution is 6.09. The number of methoxy groups -OCH3 is 1. The van der Waals surface area contributed by atoms with E-state index in [1.165, 1.54) is 6.42 Å². The largest absolute Gasteiger partial charge is 0.493 e. The molecule has 43 heavy (non-hydrogen) atoms. The molecule has 0 bridgehead atoms. The maximum absolute atomic E-state index is 14.0. The van der Waals surface area contributed by atoms with E-state index in [1.807, 2.05) is 73.7 Å². The Bertz CT molecular complexity index is 1520. The predicted octanol–water partition coefficient (Wildman–Crippen LogP) is 7.73. The van der Waals surface area contributed by atoms with E-state index < -0.39 is 11.8 Å². The summed E-state index contributed by atoms with van der Waals surface area (Å²) in [7, 11) is 1.61. The van der Waals surface area contributed by atoms with Crippen LogP contribution in [0.1, 0.15) is 80.4 Å². The molecule has 3 atom stereocenters. The van der Waals surface area contributed by atoms with Gasteiger partial charge in [-0.05, 0) is 73.8 Å². The molecule has 1 heterocycles. The number of carbonyl (C=O) groups excluding carboxylic acids is 2. The Morgan fingerprint density at radius 2 is 1.58 bits per heavy atom. The highest BCUT2D eigenvalue weighted by Gasteiger charge is 2.45. The van der Waals surface area contributed by atoms with Crippen molar-refractivity contribution in [3.05, 3.63) is 107 Å². The number of aliphatic imine (C=N–C) groups is 1. The van der Waals surface area contributed by atoms with Gasteiger partial charge in [-0.15, -0.1) is 0 Å². The number of rotatable bonds is 8. The van der Waals surface area contributed by atoms with Gasteiger partial charge in [-0.1, -0.05) is 73.2 Å². The number of hydrogen-bond acceptors (Lipinski definition) is 6. The summed E-state index contributed by atoms with van der Waals surface area (Å²) in [6, 6.07) is 25.8. The van der Waals surface area contributed by atoms with Crippen LogP contribution in [0.5, 0.6) is 11.5 Å². The van der Waals surface area contributed by atoms with E-state index in [0.717, 1.165) is 48.1 Å². The summed E-state index contributed by atoms with van der Waals surface area (Å²) in [5.41, 5.74) is 5.10. The molecule has 6 heteroatoms. The SMILES string of the molecule is COc1cc([C@H]2C3=C(C[C@H](c4ccccc4)CC3=O)N=C(C)C2C(=O)OC2CCCCC2)ccc1OCc1ccccc1. The normalized spacial score (nSPS) is 22.4. The molecule has 1 unspecified atom stereocenters. The smallest absolute Gasteiger partial charge is 0.315 e. The summed E-state index contributed by atoms with van der Waals surface area (Å²) in [5, 5.41) is 0. The molecule has 1 fully saturated rings. The second-order valence-electron chi connectivity index (χ2n) is 11.9. The fourth-order valence-electron chi connectivity index (χ4n) is 6.84. The molecular weight excluding hydrogens is 538 g/mol. The number of hydrogen-bond donors (Lipinski definition) is 0. The summed E-state index contributed by atoms with van der Waals surface area (Å²) in [4.78, 5) is 32.9. The highest BCUT2D eigenvalue weighted by atomic mass is 16.5. The Labute approximate surface area is 253 Å². The molecule has 1 saturated carbocycles. The Hall–Kier alpha value is -4.19. The number of Topliss-reactive ketones (excluding diaryl/α,β-unsaturated/α-hetero) is 1. The van der Waals surface area contributed by atoms with Crippen LogP contribution in [0.2, 0.25) is 0 Å². The lowest BCUT2D eigenvalue weighted by Crippen LogP contribution is -2.39. The van der Waals surface area contributed by atoms with Crippen LogP contribution in [0.4, 0.5) is 0 Å². The van der Waals surface area contributed by atoms with E-state index in [-0.39, 0.29) is 23.8 Å². The minimum Gasteiger partial charge on any atom is -0.493 e. The predicted molar refractivity (Wildman–Crippen MR) is 167 cm³/mol. The Balaban J connectivity index is 1.36. The van der Waals surface area contributed by atoms with Gasteiger partial charge in [0.05, 0.1) is 7.11 Å². The Kier molecular flexibility index (Phi) is 8.73. The third-order valence-corrected chi connectivity index (χ3v) is 9.03. The first-order valence-corrected chi connectivity index (χ1v) is 15.4. The third kappa shape index (κ3) is 6.29. The van der Waals surface area contributed by atoms with Crippen molar-refractivity contribution in [2.75, 3.05) is 7.11 Å². The molecule has 0 radical (unpaired) electrons. The molecule has 222 valence electrons. The zero-order valence-corrected chi connectivity index (χ0v) is 25.0. The standard InChI is InChI=1S/C37H39NO5/c1-24-34(37(40)43-29-16-10-5-11-17-29)35(36-30(38-24)20-28(21-31(36)39)26-14-8-4-9-15-26)27-18-19-32(33(22-27)41-2)42-23-25-12-6-3-7-13-25/h3-4,6-9,12-15,18-19,22,28-29,34-35H,5,10-11,16-17,20-21,23H2,1-2H3/t28-,34?,35+/m0/s1. The molecule has 1 aliphatic heterocycles. The summed E-state index contributed by atoms with van der Waals surface area (Å²) in [6.07, 6.45) is 6.01. The number of esters is 1. The van der Waals surface area contributed by atoms with Crippen molar-refractivity contribution in [1.29, 1.82) is 0 Å². The van der Waals surface area contributed by atoms with Gasteiger partial charge in [0.15, 0.2) is 17.3 Å². The van der Waals surface area contributed by atoms with Crippen molar-refractivity contribution in [2.45, 2.75) is 76.4 Å². The Morgan fingerprint density at radius 3 is 2.30 bits per heavy atom. The fourth-order valence-corrected chi connectivity index (χ4v) is 6.84. The van der Waals surface area contributed by atoms with Crippen LogP contribution in [0.25, 0.3) is 0 Å². The molecule has 0 N–H and O–H groups in total. The van der Waals surface area contributed by atoms with Crippen molar-refractivity contribution in [3.8, 4) is 11.5 Å². The lowest BCUT2D eigenvalue weighted by molar-refractivity contribution is -0.153. The molecule has 3 aliphatic rings. The summed E-state index contributed by atoms with van der Waals surface area (Å²) in [6.45, 7) is 2.30. The zero-order chi connectivity index (χ0) is 29.8. The van der Waals surface area contributed by atoms with Crippen LogP contribution in [-0.4, -0.2) is 30.7 Å². The summed E-state index contributed by atoms with van der Waals surface area (Å²) in [5.74, 6) is -0.241. The molecule has 0 aromatic heterocycles. The number of allylic oxidation sites excluding steroid dienone is 2. The topological polar surface area (TPSA) is 74.2 Å². The molecule has 3 aromatic carbocycles. The van der Waals surface area contributed by atoms with Gasteiger partial charge < -0.3 is 14.2 Å². The van der Waals surface area contributed by atoms with Gasteiger partial charge in [-0.25, -0.2) is 0 Å². The molecule has 6 nitrogen and oxygen atoms in total. The van der Waals surface area contributed by atoms with Gasteiger partial charge in [-0.3, -0.25) is 14.6 Å². The molecule has 2 aliphatic carbocycles. The number of benzene rings is 3. The van der Waals surface area contributed by atoms with Gasteiger partial charge in [0, 0.05) is 29.3 Å². The number of nitrogens with zero attached hydrogens (tertiary/aromatic N) is 1. The summed E-state index contributed by atoms with van der Waals surface area (Å²) < 4.78 is 18.0. The minimum absolute atomic E-state index is 0.0372. The van der Waals surface area contributed by atoms with Crippen LogP contribution in [0, 0.1) is 5.92 Å². The third-order valence-electron chi connectivity index (χ3n) is 9.03. The quantitative estimate of drug-likeness (QED) is 0.256. The van der Waals surface area contributed by atoms with E-state index in [0.29, 0.717) is 42.2 Å². The first-order valence-electron chi connectivity index (χ1n) is 15.4. The average Bonchev–Trinajstić information content (AvgIpc) is 3.04. The molecule has 6 rings (SSSR count). The second-order valence-corrected chi connectivity index (χ2v) is 11.9. The van der Waals surface area contributed by atoms with Gasteiger partial charge in [0.2, 0.25) is 0 Å². The van der Waals surface area contributed by atoms with Crippen molar-refractivity contribution >= 4 is 17.5 Å². The highest BCUT2D eigenvalue weighted by Crippen LogP contribution is 2.48. The monoisotopic (exact) mass is 577 g/mol. The van der Waals surface area contributed by atoms with Gasteiger partial charge in [-0.2, -0.15) is 0 Å². The van der Waals surface area contributed by atoms with Crippen molar-refractivity contribution in [1.82, 2.24) is 0 Å². The second kappa shape index (κ2) is 13.0. The molecule has 3 aromatic rings. The van der Waals surface area contributed by atoms with Gasteiger partial charge in [0.25, 0.3) is 0 Å². The van der Waals surface area contributed by atoms with E-state index in [9.17, 15) is 9.59 Å². The average molecular weight is 578 g/mol. The van der Waals surface area contributed by atoms with Gasteiger partial charge in [0.1, 0.15) is 18.6 Å². The first-order chi connectivity index (χ1) is 21.0. The van der Waals surface area contributed by atoms with E-state index in [1.54, 1.807) is 7.11 Å². The number of carbonyl (C=O) groups is 2. The van der Waals surface area contributed by atoms with Crippen molar-refractivity contribution in [3.63, 3.8) is 0 Å². The van der Waals surface area contributed by atoms with Gasteiger partial charge >= 0.3 is 5.97 Å². The first kappa shape index (κ1) is 28.9. The minimum atomic E-state index is -0.682. The van der Waals surface area contributed by atoms with Crippen LogP contribution in [0.15, 0.2) is 95.1 Å². The number of ketones is 1. The van der Waals surface area contributed by atoms with E-state index in [4.69, 9.17) is 19.2 Å². The van der Waals surface area contributed by atoms with Crippen LogP contribution in [0.3, 0.4) is 0 Å². The molecular formula is C37H39NO5. The van der Waals surface area contributed by atoms with E-state index in [2.05, 4.69) is 12.1 Å². The fraction of sp³-hybridized carbons (Fsp3) is 0.378.